The fraction of sp³-hybridized carbons (Fsp3) is 0.167. The number of nitrogens with zero attached hydrogens (tertiary/aromatic N) is 3. The SMILES string of the molecule is Cc1cccc(-c2nc3n(n2)C(=O)C[C@@H](c2cccc(F)c2)S3)c1. The van der Waals surface area contributed by atoms with E-state index in [9.17, 15) is 9.18 Å². The molecule has 4 rings (SSSR count). The van der Waals surface area contributed by atoms with Crippen LogP contribution >= 0.6 is 11.8 Å². The molecule has 0 N–H and O–H groups in total. The molecule has 1 aliphatic rings. The van der Waals surface area contributed by atoms with Crippen LogP contribution in [0.25, 0.3) is 11.4 Å². The molecule has 120 valence electrons. The van der Waals surface area contributed by atoms with Crippen LogP contribution in [0.5, 0.6) is 0 Å². The lowest BCUT2D eigenvalue weighted by molar-refractivity contribution is 0.0868. The van der Waals surface area contributed by atoms with Crippen molar-refractivity contribution < 1.29 is 9.18 Å². The van der Waals surface area contributed by atoms with E-state index in [1.807, 2.05) is 37.3 Å². The van der Waals surface area contributed by atoms with Crippen LogP contribution in [0.2, 0.25) is 0 Å². The molecule has 0 saturated carbocycles. The van der Waals surface area contributed by atoms with Crippen LogP contribution < -0.4 is 0 Å². The quantitative estimate of drug-likeness (QED) is 0.699. The minimum atomic E-state index is -0.298. The monoisotopic (exact) mass is 339 g/mol. The Kier molecular flexibility index (Phi) is 3.69. The van der Waals surface area contributed by atoms with Gasteiger partial charge in [-0.3, -0.25) is 4.79 Å². The number of hydrogen-bond acceptors (Lipinski definition) is 4. The maximum Gasteiger partial charge on any atom is 0.250 e. The van der Waals surface area contributed by atoms with Crippen molar-refractivity contribution in [3.05, 3.63) is 65.5 Å². The Morgan fingerprint density at radius 2 is 2.04 bits per heavy atom. The minimum absolute atomic E-state index is 0.121. The standard InChI is InChI=1S/C18H14FN3OS/c1-11-4-2-6-13(8-11)17-20-18-22(21-17)16(23)10-15(24-18)12-5-3-7-14(19)9-12/h2-9,15H,10H2,1H3/t15-/m0/s1. The topological polar surface area (TPSA) is 47.8 Å². The van der Waals surface area contributed by atoms with Crippen molar-refractivity contribution in [2.75, 3.05) is 0 Å². The Balaban J connectivity index is 1.69. The van der Waals surface area contributed by atoms with Gasteiger partial charge in [0, 0.05) is 17.2 Å². The van der Waals surface area contributed by atoms with Gasteiger partial charge in [0.05, 0.1) is 0 Å². The smallest absolute Gasteiger partial charge is 0.250 e. The van der Waals surface area contributed by atoms with E-state index >= 15 is 0 Å². The number of aromatic nitrogens is 3. The second-order valence-electron chi connectivity index (χ2n) is 5.76. The first-order valence-corrected chi connectivity index (χ1v) is 8.47. The molecule has 1 aromatic heterocycles. The Morgan fingerprint density at radius 1 is 1.21 bits per heavy atom. The molecule has 4 nitrogen and oxygen atoms in total. The normalized spacial score (nSPS) is 16.9. The molecule has 3 aromatic rings. The Hall–Kier alpha value is -2.47. The van der Waals surface area contributed by atoms with Crippen molar-refractivity contribution in [2.45, 2.75) is 23.8 Å². The average molecular weight is 339 g/mol. The van der Waals surface area contributed by atoms with Crippen LogP contribution in [0, 0.1) is 12.7 Å². The lowest BCUT2D eigenvalue weighted by Gasteiger charge is -2.20. The third kappa shape index (κ3) is 2.73. The van der Waals surface area contributed by atoms with Crippen molar-refractivity contribution in [1.82, 2.24) is 14.8 Å². The summed E-state index contributed by atoms with van der Waals surface area (Å²) in [4.78, 5) is 16.9. The Labute approximate surface area is 142 Å². The molecule has 0 bridgehead atoms. The van der Waals surface area contributed by atoms with E-state index in [2.05, 4.69) is 10.1 Å². The molecule has 0 amide bonds. The summed E-state index contributed by atoms with van der Waals surface area (Å²) in [6.45, 7) is 2.00. The van der Waals surface area contributed by atoms with E-state index in [0.29, 0.717) is 11.0 Å². The van der Waals surface area contributed by atoms with Gasteiger partial charge in [-0.25, -0.2) is 9.37 Å². The molecule has 0 aliphatic carbocycles. The van der Waals surface area contributed by atoms with Crippen LogP contribution in [0.15, 0.2) is 53.7 Å². The van der Waals surface area contributed by atoms with Gasteiger partial charge in [0.15, 0.2) is 11.0 Å². The highest BCUT2D eigenvalue weighted by atomic mass is 32.2. The molecule has 24 heavy (non-hydrogen) atoms. The summed E-state index contributed by atoms with van der Waals surface area (Å²) in [6, 6.07) is 14.2. The summed E-state index contributed by atoms with van der Waals surface area (Å²) in [7, 11) is 0. The number of fused-ring (bicyclic) bond motifs is 1. The maximum absolute atomic E-state index is 13.5. The zero-order chi connectivity index (χ0) is 16.7. The van der Waals surface area contributed by atoms with Crippen LogP contribution in [0.4, 0.5) is 4.39 Å². The van der Waals surface area contributed by atoms with E-state index in [0.717, 1.165) is 16.7 Å². The van der Waals surface area contributed by atoms with Gasteiger partial charge in [-0.15, -0.1) is 5.10 Å². The largest absolute Gasteiger partial charge is 0.272 e. The molecule has 6 heteroatoms. The predicted octanol–water partition coefficient (Wildman–Crippen LogP) is 4.27. The molecule has 0 fully saturated rings. The van der Waals surface area contributed by atoms with Crippen LogP contribution in [-0.4, -0.2) is 20.7 Å². The number of thioether (sulfide) groups is 1. The van der Waals surface area contributed by atoms with E-state index in [1.54, 1.807) is 6.07 Å². The number of halogens is 1. The van der Waals surface area contributed by atoms with Gasteiger partial charge in [-0.2, -0.15) is 4.68 Å². The third-order valence-electron chi connectivity index (χ3n) is 3.92. The highest BCUT2D eigenvalue weighted by Gasteiger charge is 2.30. The second-order valence-corrected chi connectivity index (χ2v) is 6.93. The van der Waals surface area contributed by atoms with Crippen LogP contribution in [0.3, 0.4) is 0 Å². The number of hydrogen-bond donors (Lipinski definition) is 0. The zero-order valence-electron chi connectivity index (χ0n) is 12.9. The molecule has 0 saturated heterocycles. The summed E-state index contributed by atoms with van der Waals surface area (Å²) in [5.74, 6) is 0.117. The summed E-state index contributed by atoms with van der Waals surface area (Å²) in [5, 5.41) is 4.76. The lowest BCUT2D eigenvalue weighted by atomic mass is 10.1. The van der Waals surface area contributed by atoms with Crippen LogP contribution in [-0.2, 0) is 0 Å². The van der Waals surface area contributed by atoms with Crippen molar-refractivity contribution in [3.8, 4) is 11.4 Å². The first-order valence-electron chi connectivity index (χ1n) is 7.59. The van der Waals surface area contributed by atoms with Gasteiger partial charge in [0.1, 0.15) is 5.82 Å². The van der Waals surface area contributed by atoms with Gasteiger partial charge in [0.2, 0.25) is 0 Å². The van der Waals surface area contributed by atoms with Gasteiger partial charge in [-0.05, 0) is 30.7 Å². The third-order valence-corrected chi connectivity index (χ3v) is 5.12. The number of benzene rings is 2. The van der Waals surface area contributed by atoms with Gasteiger partial charge >= 0.3 is 0 Å². The highest BCUT2D eigenvalue weighted by molar-refractivity contribution is 7.99. The van der Waals surface area contributed by atoms with Gasteiger partial charge < -0.3 is 0 Å². The van der Waals surface area contributed by atoms with E-state index in [-0.39, 0.29) is 23.4 Å². The number of carbonyl (C=O) groups is 1. The maximum atomic E-state index is 13.5. The minimum Gasteiger partial charge on any atom is -0.272 e. The summed E-state index contributed by atoms with van der Waals surface area (Å²) >= 11 is 1.44. The predicted molar refractivity (Wildman–Crippen MR) is 90.4 cm³/mol. The number of carbonyl (C=O) groups excluding carboxylic acids is 1. The summed E-state index contributed by atoms with van der Waals surface area (Å²) < 4.78 is 14.8. The van der Waals surface area contributed by atoms with Gasteiger partial charge in [0.25, 0.3) is 5.91 Å². The van der Waals surface area contributed by atoms with E-state index in [4.69, 9.17) is 0 Å². The molecule has 2 heterocycles. The van der Waals surface area contributed by atoms with E-state index < -0.39 is 0 Å². The average Bonchev–Trinajstić information content (AvgIpc) is 3.00. The molecule has 2 aromatic carbocycles. The van der Waals surface area contributed by atoms with Crippen LogP contribution in [0.1, 0.15) is 27.6 Å². The van der Waals surface area contributed by atoms with Crippen molar-refractivity contribution in [2.24, 2.45) is 0 Å². The Morgan fingerprint density at radius 3 is 2.83 bits per heavy atom. The van der Waals surface area contributed by atoms with Gasteiger partial charge in [-0.1, -0.05) is 47.7 Å². The molecular formula is C18H14FN3OS. The van der Waals surface area contributed by atoms with E-state index in [1.165, 1.54) is 28.6 Å². The summed E-state index contributed by atoms with van der Waals surface area (Å²) in [6.07, 6.45) is 0.276. The molecule has 1 atom stereocenters. The molecule has 0 radical (unpaired) electrons. The summed E-state index contributed by atoms with van der Waals surface area (Å²) in [5.41, 5.74) is 2.78. The van der Waals surface area contributed by atoms with Crippen molar-refractivity contribution in [1.29, 1.82) is 0 Å². The molecule has 0 unspecified atom stereocenters. The highest BCUT2D eigenvalue weighted by Crippen LogP contribution is 2.41. The number of rotatable bonds is 2. The fourth-order valence-corrected chi connectivity index (χ4v) is 3.89. The molecule has 0 spiro atoms. The lowest BCUT2D eigenvalue weighted by Crippen LogP contribution is -2.21. The van der Waals surface area contributed by atoms with Crippen molar-refractivity contribution in [3.63, 3.8) is 0 Å². The first kappa shape index (κ1) is 15.1. The molecular weight excluding hydrogens is 325 g/mol. The molecule has 1 aliphatic heterocycles. The fourth-order valence-electron chi connectivity index (χ4n) is 2.75. The zero-order valence-corrected chi connectivity index (χ0v) is 13.8. The Bertz CT molecular complexity index is 938. The van der Waals surface area contributed by atoms with Crippen molar-refractivity contribution >= 4 is 17.7 Å². The second kappa shape index (κ2) is 5.87. The number of aryl methyl sites for hydroxylation is 1. The first-order chi connectivity index (χ1) is 11.6.